The van der Waals surface area contributed by atoms with Gasteiger partial charge < -0.3 is 9.88 Å². The summed E-state index contributed by atoms with van der Waals surface area (Å²) in [6, 6.07) is 4.48. The van der Waals surface area contributed by atoms with Gasteiger partial charge in [0, 0.05) is 36.1 Å². The predicted molar refractivity (Wildman–Crippen MR) is 125 cm³/mol. The highest BCUT2D eigenvalue weighted by atomic mass is 19.4. The Bertz CT molecular complexity index is 1330. The van der Waals surface area contributed by atoms with Crippen LogP contribution in [0.5, 0.6) is 0 Å². The van der Waals surface area contributed by atoms with E-state index in [0.717, 1.165) is 60.3 Å². The molecule has 180 valence electrons. The van der Waals surface area contributed by atoms with Crippen LogP contribution < -0.4 is 5.32 Å². The zero-order valence-corrected chi connectivity index (χ0v) is 19.5. The number of rotatable bonds is 5. The van der Waals surface area contributed by atoms with Crippen molar-refractivity contribution in [2.75, 3.05) is 11.9 Å². The molecule has 0 aliphatic heterocycles. The minimum absolute atomic E-state index is 0.145. The van der Waals surface area contributed by atoms with Crippen molar-refractivity contribution in [2.24, 2.45) is 5.41 Å². The second kappa shape index (κ2) is 8.25. The van der Waals surface area contributed by atoms with Gasteiger partial charge in [-0.2, -0.15) is 13.2 Å². The van der Waals surface area contributed by atoms with Gasteiger partial charge in [-0.25, -0.2) is 19.5 Å². The highest BCUT2D eigenvalue weighted by Gasteiger charge is 2.47. The molecule has 0 saturated heterocycles. The Kier molecular flexibility index (Phi) is 5.49. The summed E-state index contributed by atoms with van der Waals surface area (Å²) in [4.78, 5) is 13.6. The molecular formula is C24H28F3N7. The summed E-state index contributed by atoms with van der Waals surface area (Å²) in [7, 11) is 0. The average Bonchev–Trinajstić information content (AvgIpc) is 3.36. The summed E-state index contributed by atoms with van der Waals surface area (Å²) >= 11 is 0. The van der Waals surface area contributed by atoms with Gasteiger partial charge in [0.1, 0.15) is 5.82 Å². The van der Waals surface area contributed by atoms with Gasteiger partial charge in [-0.3, -0.25) is 0 Å². The van der Waals surface area contributed by atoms with Crippen LogP contribution in [0.25, 0.3) is 27.8 Å². The zero-order valence-electron chi connectivity index (χ0n) is 19.5. The Labute approximate surface area is 195 Å². The molecular weight excluding hydrogens is 443 g/mol. The van der Waals surface area contributed by atoms with Crippen molar-refractivity contribution in [1.29, 1.82) is 0 Å². The van der Waals surface area contributed by atoms with Gasteiger partial charge in [-0.05, 0) is 45.7 Å². The molecule has 0 aromatic carbocycles. The van der Waals surface area contributed by atoms with Crippen LogP contribution >= 0.6 is 0 Å². The van der Waals surface area contributed by atoms with Crippen molar-refractivity contribution in [3.05, 3.63) is 36.5 Å². The minimum Gasteiger partial charge on any atom is -0.352 e. The molecule has 4 aromatic rings. The van der Waals surface area contributed by atoms with Gasteiger partial charge in [0.05, 0.1) is 22.6 Å². The van der Waals surface area contributed by atoms with E-state index in [1.807, 2.05) is 13.0 Å². The van der Waals surface area contributed by atoms with E-state index in [-0.39, 0.29) is 12.5 Å². The number of aromatic nitrogens is 6. The maximum Gasteiger partial charge on any atom is 0.395 e. The van der Waals surface area contributed by atoms with Crippen LogP contribution in [0, 0.1) is 12.3 Å². The lowest BCUT2D eigenvalue weighted by Gasteiger charge is -2.27. The van der Waals surface area contributed by atoms with Crippen LogP contribution in [0.4, 0.5) is 19.1 Å². The quantitative estimate of drug-likeness (QED) is 0.389. The number of pyridine rings is 1. The van der Waals surface area contributed by atoms with E-state index in [4.69, 9.17) is 0 Å². The standard InChI is InChI=1S/C24H28F3N7/c1-15-31-21-19(34(15)17-7-5-4-6-8-17)11-16(12-28-21)18-9-10-33-20(18)13-29-22(32-33)30-14-23(2,3)24(25,26)27/h9-13,17H,4-8,14H2,1-3H3,(H,30,32). The number of imidazole rings is 1. The van der Waals surface area contributed by atoms with Gasteiger partial charge in [0.25, 0.3) is 0 Å². The third-order valence-electron chi connectivity index (χ3n) is 6.85. The lowest BCUT2D eigenvalue weighted by Crippen LogP contribution is -2.38. The molecule has 0 bridgehead atoms. The molecule has 34 heavy (non-hydrogen) atoms. The smallest absolute Gasteiger partial charge is 0.352 e. The summed E-state index contributed by atoms with van der Waals surface area (Å²) < 4.78 is 43.4. The van der Waals surface area contributed by atoms with Crippen LogP contribution in [0.3, 0.4) is 0 Å². The number of nitrogens with one attached hydrogen (secondary N) is 1. The van der Waals surface area contributed by atoms with E-state index in [1.54, 1.807) is 23.1 Å². The molecule has 10 heteroatoms. The molecule has 7 nitrogen and oxygen atoms in total. The molecule has 1 N–H and O–H groups in total. The number of hydrogen-bond acceptors (Lipinski definition) is 5. The molecule has 0 spiro atoms. The first-order chi connectivity index (χ1) is 16.1. The van der Waals surface area contributed by atoms with Crippen molar-refractivity contribution in [1.82, 2.24) is 29.1 Å². The van der Waals surface area contributed by atoms with Crippen molar-refractivity contribution >= 4 is 22.6 Å². The van der Waals surface area contributed by atoms with E-state index >= 15 is 0 Å². The lowest BCUT2D eigenvalue weighted by atomic mass is 9.93. The maximum absolute atomic E-state index is 13.1. The number of aryl methyl sites for hydroxylation is 1. The van der Waals surface area contributed by atoms with E-state index in [1.165, 1.54) is 19.3 Å². The van der Waals surface area contributed by atoms with Gasteiger partial charge >= 0.3 is 6.18 Å². The first-order valence-electron chi connectivity index (χ1n) is 11.6. The van der Waals surface area contributed by atoms with Crippen LogP contribution in [0.1, 0.15) is 57.8 Å². The van der Waals surface area contributed by atoms with Gasteiger partial charge in [0.15, 0.2) is 5.65 Å². The Balaban J connectivity index is 1.46. The summed E-state index contributed by atoms with van der Waals surface area (Å²) in [6.45, 7) is 4.01. The Morgan fingerprint density at radius 3 is 2.56 bits per heavy atom. The first kappa shape index (κ1) is 22.6. The number of anilines is 1. The fraction of sp³-hybridized carbons (Fsp3) is 0.500. The largest absolute Gasteiger partial charge is 0.395 e. The molecule has 0 amide bonds. The predicted octanol–water partition coefficient (Wildman–Crippen LogP) is 5.96. The fourth-order valence-electron chi connectivity index (χ4n) is 4.66. The molecule has 1 aliphatic carbocycles. The number of fused-ring (bicyclic) bond motifs is 2. The van der Waals surface area contributed by atoms with Gasteiger partial charge in [-0.15, -0.1) is 5.10 Å². The van der Waals surface area contributed by atoms with E-state index in [9.17, 15) is 13.2 Å². The monoisotopic (exact) mass is 471 g/mol. The van der Waals surface area contributed by atoms with Crippen molar-refractivity contribution < 1.29 is 13.2 Å². The molecule has 5 rings (SSSR count). The average molecular weight is 472 g/mol. The summed E-state index contributed by atoms with van der Waals surface area (Å²) in [6.07, 6.45) is 6.93. The van der Waals surface area contributed by atoms with E-state index in [2.05, 4.69) is 36.0 Å². The Morgan fingerprint density at radius 1 is 1.06 bits per heavy atom. The van der Waals surface area contributed by atoms with Crippen molar-refractivity contribution in [3.63, 3.8) is 0 Å². The third kappa shape index (κ3) is 3.99. The van der Waals surface area contributed by atoms with Crippen LogP contribution in [-0.2, 0) is 0 Å². The van der Waals surface area contributed by atoms with Gasteiger partial charge in [-0.1, -0.05) is 19.3 Å². The Morgan fingerprint density at radius 2 is 1.82 bits per heavy atom. The summed E-state index contributed by atoms with van der Waals surface area (Å²) in [5, 5.41) is 7.07. The third-order valence-corrected chi connectivity index (χ3v) is 6.85. The molecule has 4 aromatic heterocycles. The van der Waals surface area contributed by atoms with Crippen LogP contribution in [0.15, 0.2) is 30.7 Å². The van der Waals surface area contributed by atoms with E-state index in [0.29, 0.717) is 6.04 Å². The SMILES string of the molecule is Cc1nc2ncc(-c3ccn4nc(NCC(C)(C)C(F)(F)F)ncc34)cc2n1C1CCCCC1. The van der Waals surface area contributed by atoms with Crippen molar-refractivity contribution in [3.8, 4) is 11.1 Å². The maximum atomic E-state index is 13.1. The van der Waals surface area contributed by atoms with Crippen molar-refractivity contribution in [2.45, 2.75) is 65.1 Å². The summed E-state index contributed by atoms with van der Waals surface area (Å²) in [5.41, 5.74) is 2.45. The summed E-state index contributed by atoms with van der Waals surface area (Å²) in [5.74, 6) is 1.13. The number of alkyl halides is 3. The molecule has 4 heterocycles. The second-order valence-electron chi connectivity index (χ2n) is 9.76. The number of hydrogen-bond donors (Lipinski definition) is 1. The first-order valence-corrected chi connectivity index (χ1v) is 11.6. The molecule has 1 fully saturated rings. The molecule has 0 radical (unpaired) electrons. The molecule has 0 unspecified atom stereocenters. The fourth-order valence-corrected chi connectivity index (χ4v) is 4.66. The van der Waals surface area contributed by atoms with Crippen LogP contribution in [0.2, 0.25) is 0 Å². The number of halogens is 3. The zero-order chi connectivity index (χ0) is 24.1. The second-order valence-corrected chi connectivity index (χ2v) is 9.76. The Hall–Kier alpha value is -3.17. The topological polar surface area (TPSA) is 72.9 Å². The van der Waals surface area contributed by atoms with E-state index < -0.39 is 11.6 Å². The highest BCUT2D eigenvalue weighted by Crippen LogP contribution is 2.37. The normalized spacial score (nSPS) is 15.9. The molecule has 1 saturated carbocycles. The van der Waals surface area contributed by atoms with Gasteiger partial charge in [0.2, 0.25) is 5.95 Å². The highest BCUT2D eigenvalue weighted by molar-refractivity contribution is 5.85. The number of nitrogens with zero attached hydrogens (tertiary/aromatic N) is 6. The lowest BCUT2D eigenvalue weighted by molar-refractivity contribution is -0.206. The van der Waals surface area contributed by atoms with Crippen LogP contribution in [-0.4, -0.2) is 41.9 Å². The molecule has 1 aliphatic rings. The minimum atomic E-state index is -4.32. The molecule has 0 atom stereocenters.